The Morgan fingerprint density at radius 3 is 2.74 bits per heavy atom. The van der Waals surface area contributed by atoms with Crippen molar-refractivity contribution in [1.82, 2.24) is 4.57 Å². The van der Waals surface area contributed by atoms with Gasteiger partial charge in [0, 0.05) is 24.6 Å². The number of nitrogens with zero attached hydrogens (tertiary/aromatic N) is 1. The van der Waals surface area contributed by atoms with E-state index in [1.807, 2.05) is 0 Å². The molecule has 100 valence electrons. The highest BCUT2D eigenvalue weighted by Gasteiger charge is 2.09. The fourth-order valence-electron chi connectivity index (χ4n) is 1.93. The number of pyridine rings is 1. The third-order valence-corrected chi connectivity index (χ3v) is 2.80. The molecule has 1 aromatic carbocycles. The Bertz CT molecular complexity index is 635. The van der Waals surface area contributed by atoms with Crippen LogP contribution in [0.2, 0.25) is 0 Å². The van der Waals surface area contributed by atoms with Crippen molar-refractivity contribution >= 4 is 5.69 Å². The van der Waals surface area contributed by atoms with E-state index in [1.54, 1.807) is 43.6 Å². The Morgan fingerprint density at radius 2 is 2.05 bits per heavy atom. The van der Waals surface area contributed by atoms with Crippen molar-refractivity contribution in [2.45, 2.75) is 6.61 Å². The van der Waals surface area contributed by atoms with Crippen molar-refractivity contribution in [1.29, 1.82) is 0 Å². The van der Waals surface area contributed by atoms with Crippen LogP contribution < -0.4 is 16.0 Å². The molecule has 19 heavy (non-hydrogen) atoms. The minimum absolute atomic E-state index is 0.216. The van der Waals surface area contributed by atoms with Gasteiger partial charge in [0.1, 0.15) is 0 Å². The van der Waals surface area contributed by atoms with Crippen LogP contribution in [-0.2, 0) is 11.3 Å². The number of ether oxygens (including phenoxy) is 2. The van der Waals surface area contributed by atoms with E-state index in [2.05, 4.69) is 0 Å². The number of hydrogen-bond acceptors (Lipinski definition) is 4. The Kier molecular flexibility index (Phi) is 3.87. The first-order valence-corrected chi connectivity index (χ1v) is 5.80. The molecule has 0 radical (unpaired) electrons. The molecule has 2 aromatic rings. The van der Waals surface area contributed by atoms with Crippen LogP contribution in [0.1, 0.15) is 5.56 Å². The van der Waals surface area contributed by atoms with Gasteiger partial charge in [-0.05, 0) is 30.3 Å². The molecule has 0 aliphatic heterocycles. The molecular formula is C14H16N2O3. The highest BCUT2D eigenvalue weighted by molar-refractivity contribution is 5.51. The van der Waals surface area contributed by atoms with Crippen molar-refractivity contribution < 1.29 is 9.47 Å². The van der Waals surface area contributed by atoms with Gasteiger partial charge in [0.05, 0.1) is 19.4 Å². The smallest absolute Gasteiger partial charge is 0.297 e. The molecule has 5 nitrogen and oxygen atoms in total. The zero-order valence-corrected chi connectivity index (χ0v) is 10.9. The molecule has 2 rings (SSSR count). The van der Waals surface area contributed by atoms with Crippen LogP contribution in [0.5, 0.6) is 5.75 Å². The lowest BCUT2D eigenvalue weighted by Gasteiger charge is -2.13. The first-order chi connectivity index (χ1) is 9.17. The van der Waals surface area contributed by atoms with Crippen molar-refractivity contribution in [2.75, 3.05) is 20.0 Å². The first kappa shape index (κ1) is 13.2. The van der Waals surface area contributed by atoms with E-state index in [9.17, 15) is 4.79 Å². The first-order valence-electron chi connectivity index (χ1n) is 5.80. The van der Waals surface area contributed by atoms with Crippen LogP contribution in [0, 0.1) is 0 Å². The van der Waals surface area contributed by atoms with E-state index in [0.717, 1.165) is 11.3 Å². The van der Waals surface area contributed by atoms with Crippen LogP contribution in [0.3, 0.4) is 0 Å². The summed E-state index contributed by atoms with van der Waals surface area (Å²) in [5, 5.41) is 0. The summed E-state index contributed by atoms with van der Waals surface area (Å²) in [7, 11) is 3.07. The number of nitrogen functional groups attached to an aromatic ring is 1. The number of benzene rings is 1. The van der Waals surface area contributed by atoms with Gasteiger partial charge < -0.3 is 15.2 Å². The van der Waals surface area contributed by atoms with Gasteiger partial charge in [0.25, 0.3) is 5.56 Å². The Labute approximate surface area is 111 Å². The molecule has 0 fully saturated rings. The van der Waals surface area contributed by atoms with Crippen LogP contribution in [0.15, 0.2) is 41.3 Å². The maximum absolute atomic E-state index is 12.2. The molecule has 0 aliphatic rings. The molecule has 0 spiro atoms. The summed E-state index contributed by atoms with van der Waals surface area (Å²) in [6.45, 7) is 0.379. The second-order valence-electron chi connectivity index (χ2n) is 4.07. The maximum atomic E-state index is 12.2. The third kappa shape index (κ3) is 2.61. The van der Waals surface area contributed by atoms with E-state index in [4.69, 9.17) is 15.2 Å². The topological polar surface area (TPSA) is 66.5 Å². The van der Waals surface area contributed by atoms with E-state index in [-0.39, 0.29) is 5.56 Å². The number of aromatic nitrogens is 1. The predicted octanol–water partition coefficient (Wildman–Crippen LogP) is 1.57. The van der Waals surface area contributed by atoms with Gasteiger partial charge in [0.15, 0.2) is 5.75 Å². The lowest BCUT2D eigenvalue weighted by Crippen LogP contribution is -2.20. The molecule has 0 saturated carbocycles. The lowest BCUT2D eigenvalue weighted by molar-refractivity contribution is 0.185. The third-order valence-electron chi connectivity index (χ3n) is 2.80. The summed E-state index contributed by atoms with van der Waals surface area (Å²) >= 11 is 0. The average Bonchev–Trinajstić information content (AvgIpc) is 2.40. The summed E-state index contributed by atoms with van der Waals surface area (Å²) in [6, 6.07) is 8.73. The fourth-order valence-corrected chi connectivity index (χ4v) is 1.93. The van der Waals surface area contributed by atoms with Crippen LogP contribution >= 0.6 is 0 Å². The number of rotatable bonds is 4. The molecule has 1 heterocycles. The quantitative estimate of drug-likeness (QED) is 0.847. The van der Waals surface area contributed by atoms with Crippen molar-refractivity contribution in [3.05, 3.63) is 52.4 Å². The van der Waals surface area contributed by atoms with E-state index in [1.165, 1.54) is 11.7 Å². The zero-order chi connectivity index (χ0) is 13.8. The molecule has 0 unspecified atom stereocenters. The predicted molar refractivity (Wildman–Crippen MR) is 73.7 cm³/mol. The minimum Gasteiger partial charge on any atom is -0.491 e. The highest BCUT2D eigenvalue weighted by Crippen LogP contribution is 2.18. The Morgan fingerprint density at radius 1 is 1.26 bits per heavy atom. The monoisotopic (exact) mass is 260 g/mol. The number of nitrogens with two attached hydrogens (primary N) is 1. The zero-order valence-electron chi connectivity index (χ0n) is 10.9. The van der Waals surface area contributed by atoms with Gasteiger partial charge in [-0.15, -0.1) is 0 Å². The number of hydrogen-bond donors (Lipinski definition) is 1. The number of anilines is 1. The van der Waals surface area contributed by atoms with Crippen molar-refractivity contribution in [3.63, 3.8) is 0 Å². The standard InChI is InChI=1S/C14H16N2O3/c1-18-9-10-8-11(15)5-6-12(10)16-7-3-4-13(19-2)14(16)17/h3-8H,9,15H2,1-2H3. The second kappa shape index (κ2) is 5.58. The van der Waals surface area contributed by atoms with Crippen LogP contribution in [0.4, 0.5) is 5.69 Å². The maximum Gasteiger partial charge on any atom is 0.297 e. The SMILES string of the molecule is COCc1cc(N)ccc1-n1cccc(OC)c1=O. The van der Waals surface area contributed by atoms with Gasteiger partial charge in [0.2, 0.25) is 0 Å². The molecule has 5 heteroatoms. The minimum atomic E-state index is -0.216. The molecular weight excluding hydrogens is 244 g/mol. The van der Waals surface area contributed by atoms with Gasteiger partial charge >= 0.3 is 0 Å². The molecule has 0 aliphatic carbocycles. The summed E-state index contributed by atoms with van der Waals surface area (Å²) in [6.07, 6.45) is 1.69. The molecule has 0 atom stereocenters. The Hall–Kier alpha value is -2.27. The fraction of sp³-hybridized carbons (Fsp3) is 0.214. The van der Waals surface area contributed by atoms with E-state index < -0.39 is 0 Å². The van der Waals surface area contributed by atoms with Crippen LogP contribution in [-0.4, -0.2) is 18.8 Å². The number of methoxy groups -OCH3 is 2. The Balaban J connectivity index is 2.62. The average molecular weight is 260 g/mol. The summed E-state index contributed by atoms with van der Waals surface area (Å²) in [5.41, 5.74) is 7.76. The summed E-state index contributed by atoms with van der Waals surface area (Å²) in [5.74, 6) is 0.294. The molecule has 0 bridgehead atoms. The summed E-state index contributed by atoms with van der Waals surface area (Å²) < 4.78 is 11.7. The highest BCUT2D eigenvalue weighted by atomic mass is 16.5. The van der Waals surface area contributed by atoms with Crippen LogP contribution in [0.25, 0.3) is 5.69 Å². The lowest BCUT2D eigenvalue weighted by atomic mass is 10.1. The molecule has 1 aromatic heterocycles. The van der Waals surface area contributed by atoms with Crippen molar-refractivity contribution in [3.8, 4) is 11.4 Å². The second-order valence-corrected chi connectivity index (χ2v) is 4.07. The molecule has 0 saturated heterocycles. The van der Waals surface area contributed by atoms with Gasteiger partial charge in [-0.2, -0.15) is 0 Å². The van der Waals surface area contributed by atoms with E-state index >= 15 is 0 Å². The van der Waals surface area contributed by atoms with Gasteiger partial charge in [-0.25, -0.2) is 0 Å². The van der Waals surface area contributed by atoms with Gasteiger partial charge in [-0.3, -0.25) is 9.36 Å². The van der Waals surface area contributed by atoms with Gasteiger partial charge in [-0.1, -0.05) is 0 Å². The van der Waals surface area contributed by atoms with Crippen molar-refractivity contribution in [2.24, 2.45) is 0 Å². The molecule has 0 amide bonds. The molecule has 2 N–H and O–H groups in total. The largest absolute Gasteiger partial charge is 0.491 e. The summed E-state index contributed by atoms with van der Waals surface area (Å²) in [4.78, 5) is 12.2. The van der Waals surface area contributed by atoms with E-state index in [0.29, 0.717) is 18.0 Å². The normalized spacial score (nSPS) is 10.4.